The summed E-state index contributed by atoms with van der Waals surface area (Å²) in [4.78, 5) is 12.9. The third-order valence-electron chi connectivity index (χ3n) is 5.74. The molecule has 1 aliphatic rings. The van der Waals surface area contributed by atoms with Gasteiger partial charge in [0.25, 0.3) is 0 Å². The second-order valence-corrected chi connectivity index (χ2v) is 10.3. The number of ether oxygens (including phenoxy) is 2. The molecule has 1 heterocycles. The number of rotatable bonds is 8. The lowest BCUT2D eigenvalue weighted by Gasteiger charge is -2.31. The Morgan fingerprint density at radius 3 is 2.38 bits per heavy atom. The van der Waals surface area contributed by atoms with Gasteiger partial charge in [-0.25, -0.2) is 12.7 Å². The monoisotopic (exact) mass is 480 g/mol. The highest BCUT2D eigenvalue weighted by Gasteiger charge is 2.32. The summed E-state index contributed by atoms with van der Waals surface area (Å²) in [5.41, 5.74) is 1.51. The number of carbonyl (C=O) groups is 1. The van der Waals surface area contributed by atoms with Gasteiger partial charge in [-0.1, -0.05) is 23.7 Å². The Balaban J connectivity index is 1.58. The van der Waals surface area contributed by atoms with Crippen LogP contribution in [0, 0.1) is 5.92 Å². The Bertz CT molecular complexity index is 1030. The average Bonchev–Trinajstić information content (AvgIpc) is 2.80. The van der Waals surface area contributed by atoms with Gasteiger partial charge >= 0.3 is 0 Å². The number of nitrogens with zero attached hydrogens (tertiary/aromatic N) is 1. The standard InChI is InChI=1S/C23H29ClN2O5S/c1-16(21-14-20(30-2)8-9-22(21)31-3)25-23(27)18-10-12-26(13-11-18)32(28,29)15-17-4-6-19(24)7-5-17/h4-9,14,16,18H,10-13,15H2,1-3H3,(H,25,27)/t16-/m1/s1. The van der Waals surface area contributed by atoms with Gasteiger partial charge in [-0.2, -0.15) is 0 Å². The van der Waals surface area contributed by atoms with E-state index < -0.39 is 10.0 Å². The number of hydrogen-bond acceptors (Lipinski definition) is 5. The van der Waals surface area contributed by atoms with Gasteiger partial charge in [-0.05, 0) is 55.7 Å². The highest BCUT2D eigenvalue weighted by molar-refractivity contribution is 7.88. The summed E-state index contributed by atoms with van der Waals surface area (Å²) in [5.74, 6) is 0.948. The van der Waals surface area contributed by atoms with Gasteiger partial charge in [0.15, 0.2) is 0 Å². The van der Waals surface area contributed by atoms with Crippen molar-refractivity contribution in [2.45, 2.75) is 31.6 Å². The molecule has 0 saturated carbocycles. The van der Waals surface area contributed by atoms with E-state index in [-0.39, 0.29) is 23.6 Å². The molecule has 1 fully saturated rings. The van der Waals surface area contributed by atoms with Crippen LogP contribution in [-0.4, -0.2) is 45.9 Å². The Labute approximate surface area is 194 Å². The first-order valence-corrected chi connectivity index (χ1v) is 12.5. The minimum atomic E-state index is -3.45. The maximum absolute atomic E-state index is 12.9. The first-order chi connectivity index (χ1) is 15.2. The molecule has 0 aromatic heterocycles. The molecule has 3 rings (SSSR count). The van der Waals surface area contributed by atoms with Crippen LogP contribution in [0.1, 0.15) is 36.9 Å². The van der Waals surface area contributed by atoms with Crippen molar-refractivity contribution in [1.82, 2.24) is 9.62 Å². The van der Waals surface area contributed by atoms with Crippen molar-refractivity contribution in [3.8, 4) is 11.5 Å². The first-order valence-electron chi connectivity index (χ1n) is 10.5. The van der Waals surface area contributed by atoms with Crippen LogP contribution in [0.15, 0.2) is 42.5 Å². The molecular weight excluding hydrogens is 452 g/mol. The largest absolute Gasteiger partial charge is 0.497 e. The Hall–Kier alpha value is -2.29. The minimum absolute atomic E-state index is 0.0757. The lowest BCUT2D eigenvalue weighted by Crippen LogP contribution is -2.43. The fraction of sp³-hybridized carbons (Fsp3) is 0.435. The van der Waals surface area contributed by atoms with Crippen LogP contribution in [0.3, 0.4) is 0 Å². The number of carbonyl (C=O) groups excluding carboxylic acids is 1. The van der Waals surface area contributed by atoms with Crippen LogP contribution in [-0.2, 0) is 20.6 Å². The minimum Gasteiger partial charge on any atom is -0.497 e. The van der Waals surface area contributed by atoms with Crippen LogP contribution in [0.25, 0.3) is 0 Å². The molecule has 0 spiro atoms. The van der Waals surface area contributed by atoms with Crippen LogP contribution < -0.4 is 14.8 Å². The summed E-state index contributed by atoms with van der Waals surface area (Å²) in [6, 6.07) is 12.0. The number of methoxy groups -OCH3 is 2. The maximum atomic E-state index is 12.9. The molecule has 0 unspecified atom stereocenters. The molecular formula is C23H29ClN2O5S. The Morgan fingerprint density at radius 2 is 1.78 bits per heavy atom. The summed E-state index contributed by atoms with van der Waals surface area (Å²) in [5, 5.41) is 3.60. The molecule has 0 aliphatic carbocycles. The SMILES string of the molecule is COc1ccc(OC)c([C@@H](C)NC(=O)C2CCN(S(=O)(=O)Cc3ccc(Cl)cc3)CC2)c1. The normalized spacial score (nSPS) is 16.4. The molecule has 1 atom stereocenters. The van der Waals surface area contributed by atoms with E-state index >= 15 is 0 Å². The lowest BCUT2D eigenvalue weighted by atomic mass is 9.96. The van der Waals surface area contributed by atoms with Gasteiger partial charge < -0.3 is 14.8 Å². The molecule has 1 saturated heterocycles. The molecule has 0 bridgehead atoms. The topological polar surface area (TPSA) is 84.9 Å². The fourth-order valence-electron chi connectivity index (χ4n) is 3.87. The number of amides is 1. The fourth-order valence-corrected chi connectivity index (χ4v) is 5.55. The maximum Gasteiger partial charge on any atom is 0.223 e. The zero-order chi connectivity index (χ0) is 23.3. The van der Waals surface area contributed by atoms with Crippen molar-refractivity contribution >= 4 is 27.5 Å². The van der Waals surface area contributed by atoms with Crippen LogP contribution in [0.4, 0.5) is 0 Å². The molecule has 1 aliphatic heterocycles. The number of sulfonamides is 1. The second-order valence-electron chi connectivity index (χ2n) is 7.89. The van der Waals surface area contributed by atoms with Gasteiger partial charge in [-0.15, -0.1) is 0 Å². The molecule has 1 N–H and O–H groups in total. The molecule has 7 nitrogen and oxygen atoms in total. The van der Waals surface area contributed by atoms with E-state index in [0.29, 0.717) is 48.0 Å². The molecule has 174 valence electrons. The number of nitrogens with one attached hydrogen (secondary N) is 1. The number of piperidine rings is 1. The number of hydrogen-bond donors (Lipinski definition) is 1. The van der Waals surface area contributed by atoms with Gasteiger partial charge in [0.05, 0.1) is 26.0 Å². The van der Waals surface area contributed by atoms with Gasteiger partial charge in [0, 0.05) is 29.6 Å². The zero-order valence-corrected chi connectivity index (χ0v) is 20.1. The number of benzene rings is 2. The van der Waals surface area contributed by atoms with Gasteiger partial charge in [0.1, 0.15) is 11.5 Å². The Morgan fingerprint density at radius 1 is 1.12 bits per heavy atom. The van der Waals surface area contributed by atoms with Crippen LogP contribution >= 0.6 is 11.6 Å². The summed E-state index contributed by atoms with van der Waals surface area (Å²) in [7, 11) is -0.283. The second kappa shape index (κ2) is 10.6. The van der Waals surface area contributed by atoms with Crippen molar-refractivity contribution in [3.05, 3.63) is 58.6 Å². The van der Waals surface area contributed by atoms with Crippen molar-refractivity contribution in [2.24, 2.45) is 5.92 Å². The van der Waals surface area contributed by atoms with E-state index in [1.165, 1.54) is 4.31 Å². The number of halogens is 1. The summed E-state index contributed by atoms with van der Waals surface area (Å²) in [6.45, 7) is 2.54. The van der Waals surface area contributed by atoms with E-state index in [2.05, 4.69) is 5.32 Å². The molecule has 32 heavy (non-hydrogen) atoms. The predicted octanol–water partition coefficient (Wildman–Crippen LogP) is 3.78. The van der Waals surface area contributed by atoms with Crippen LogP contribution in [0.5, 0.6) is 11.5 Å². The van der Waals surface area contributed by atoms with Gasteiger partial charge in [0.2, 0.25) is 15.9 Å². The van der Waals surface area contributed by atoms with E-state index in [1.807, 2.05) is 13.0 Å². The van der Waals surface area contributed by atoms with Crippen molar-refractivity contribution in [1.29, 1.82) is 0 Å². The molecule has 2 aromatic rings. The van der Waals surface area contributed by atoms with E-state index in [4.69, 9.17) is 21.1 Å². The summed E-state index contributed by atoms with van der Waals surface area (Å²) in [6.07, 6.45) is 0.960. The highest BCUT2D eigenvalue weighted by Crippen LogP contribution is 2.30. The molecule has 1 amide bonds. The average molecular weight is 481 g/mol. The predicted molar refractivity (Wildman–Crippen MR) is 124 cm³/mol. The molecule has 2 aromatic carbocycles. The third-order valence-corrected chi connectivity index (χ3v) is 7.84. The quantitative estimate of drug-likeness (QED) is 0.621. The molecule has 0 radical (unpaired) electrons. The van der Waals surface area contributed by atoms with Crippen molar-refractivity contribution in [3.63, 3.8) is 0 Å². The van der Waals surface area contributed by atoms with E-state index in [9.17, 15) is 13.2 Å². The first kappa shape index (κ1) is 24.4. The smallest absolute Gasteiger partial charge is 0.223 e. The highest BCUT2D eigenvalue weighted by atomic mass is 35.5. The third kappa shape index (κ3) is 5.94. The Kier molecular flexibility index (Phi) is 8.03. The zero-order valence-electron chi connectivity index (χ0n) is 18.5. The van der Waals surface area contributed by atoms with Crippen LogP contribution in [0.2, 0.25) is 5.02 Å². The van der Waals surface area contributed by atoms with Crippen molar-refractivity contribution in [2.75, 3.05) is 27.3 Å². The van der Waals surface area contributed by atoms with Crippen molar-refractivity contribution < 1.29 is 22.7 Å². The molecule has 9 heteroatoms. The van der Waals surface area contributed by atoms with E-state index in [1.54, 1.807) is 50.6 Å². The van der Waals surface area contributed by atoms with E-state index in [0.717, 1.165) is 5.56 Å². The van der Waals surface area contributed by atoms with Gasteiger partial charge in [-0.3, -0.25) is 4.79 Å². The summed E-state index contributed by atoms with van der Waals surface area (Å²) < 4.78 is 37.7. The summed E-state index contributed by atoms with van der Waals surface area (Å²) >= 11 is 5.87. The lowest BCUT2D eigenvalue weighted by molar-refractivity contribution is -0.126.